The van der Waals surface area contributed by atoms with E-state index in [1.54, 1.807) is 0 Å². The van der Waals surface area contributed by atoms with Crippen LogP contribution in [0.15, 0.2) is 146 Å². The molecule has 0 aliphatic heterocycles. The highest BCUT2D eigenvalue weighted by atomic mass is 14.5. The number of hydrogen-bond donors (Lipinski definition) is 0. The average Bonchev–Trinajstić information content (AvgIpc) is 3.31. The Balaban J connectivity index is 1.53. The highest BCUT2D eigenvalue weighted by Crippen LogP contribution is 2.56. The van der Waals surface area contributed by atoms with Crippen molar-refractivity contribution >= 4 is 12.2 Å². The first-order valence-electron chi connectivity index (χ1n) is 13.6. The number of benzene rings is 6. The van der Waals surface area contributed by atoms with Gasteiger partial charge in [-0.3, -0.25) is 0 Å². The summed E-state index contributed by atoms with van der Waals surface area (Å²) in [5.41, 5.74) is 14.8. The SMILES string of the molecule is C1=C\c2cccc(c2)-c2cccc(c2)C2(c3cccc(c3)-c3cccc/1c3)c1ccccc1-c1ccccc12. The van der Waals surface area contributed by atoms with Crippen molar-refractivity contribution < 1.29 is 0 Å². The second kappa shape index (κ2) is 8.55. The van der Waals surface area contributed by atoms with Crippen LogP contribution in [-0.2, 0) is 5.41 Å². The highest BCUT2D eigenvalue weighted by molar-refractivity contribution is 5.87. The lowest BCUT2D eigenvalue weighted by Crippen LogP contribution is -2.28. The van der Waals surface area contributed by atoms with Gasteiger partial charge >= 0.3 is 0 Å². The molecule has 0 saturated carbocycles. The van der Waals surface area contributed by atoms with E-state index in [4.69, 9.17) is 0 Å². The fraction of sp³-hybridized carbons (Fsp3) is 0.0256. The van der Waals surface area contributed by atoms with Crippen molar-refractivity contribution in [2.24, 2.45) is 0 Å². The largest absolute Gasteiger partial charge is 0.0713 e. The Hall–Kier alpha value is -4.94. The van der Waals surface area contributed by atoms with Crippen molar-refractivity contribution in [2.75, 3.05) is 0 Å². The first kappa shape index (κ1) is 22.1. The average molecular weight is 495 g/mol. The van der Waals surface area contributed by atoms with E-state index in [0.717, 1.165) is 0 Å². The lowest BCUT2D eigenvalue weighted by molar-refractivity contribution is 0.769. The molecule has 2 aliphatic carbocycles. The van der Waals surface area contributed by atoms with E-state index in [-0.39, 0.29) is 0 Å². The Labute approximate surface area is 229 Å². The summed E-state index contributed by atoms with van der Waals surface area (Å²) >= 11 is 0. The molecule has 0 saturated heterocycles. The molecule has 0 nitrogen and oxygen atoms in total. The first-order valence-corrected chi connectivity index (χ1v) is 13.6. The third-order valence-corrected chi connectivity index (χ3v) is 8.45. The van der Waals surface area contributed by atoms with Crippen LogP contribution in [0.3, 0.4) is 0 Å². The highest BCUT2D eigenvalue weighted by Gasteiger charge is 2.46. The zero-order chi connectivity index (χ0) is 25.8. The Morgan fingerprint density at radius 3 is 1.23 bits per heavy atom. The summed E-state index contributed by atoms with van der Waals surface area (Å²) in [5.74, 6) is 0. The fourth-order valence-electron chi connectivity index (χ4n) is 6.72. The van der Waals surface area contributed by atoms with Crippen LogP contribution < -0.4 is 0 Å². The van der Waals surface area contributed by atoms with Crippen LogP contribution in [-0.4, -0.2) is 0 Å². The second-order valence-electron chi connectivity index (χ2n) is 10.6. The van der Waals surface area contributed by atoms with Crippen molar-refractivity contribution in [3.05, 3.63) is 179 Å². The molecular formula is C39H26. The summed E-state index contributed by atoms with van der Waals surface area (Å²) < 4.78 is 0. The molecule has 0 amide bonds. The Morgan fingerprint density at radius 1 is 0.333 bits per heavy atom. The van der Waals surface area contributed by atoms with Crippen molar-refractivity contribution in [3.63, 3.8) is 0 Å². The summed E-state index contributed by atoms with van der Waals surface area (Å²) in [7, 11) is 0. The lowest BCUT2D eigenvalue weighted by atomic mass is 9.67. The molecule has 0 aromatic heterocycles. The normalized spacial score (nSPS) is 14.6. The molecule has 0 heterocycles. The van der Waals surface area contributed by atoms with Crippen molar-refractivity contribution in [2.45, 2.75) is 5.41 Å². The van der Waals surface area contributed by atoms with Gasteiger partial charge in [0.1, 0.15) is 0 Å². The van der Waals surface area contributed by atoms with Crippen LogP contribution in [0, 0.1) is 0 Å². The molecule has 6 aromatic carbocycles. The summed E-state index contributed by atoms with van der Waals surface area (Å²) in [6.07, 6.45) is 4.43. The van der Waals surface area contributed by atoms with Gasteiger partial charge < -0.3 is 0 Å². The molecule has 2 aliphatic rings. The number of fused-ring (bicyclic) bond motifs is 17. The topological polar surface area (TPSA) is 0 Å². The molecule has 39 heavy (non-hydrogen) atoms. The van der Waals surface area contributed by atoms with Crippen LogP contribution in [0.5, 0.6) is 0 Å². The predicted molar refractivity (Wildman–Crippen MR) is 164 cm³/mol. The number of rotatable bonds is 0. The third-order valence-electron chi connectivity index (χ3n) is 8.45. The van der Waals surface area contributed by atoms with Gasteiger partial charge in [-0.25, -0.2) is 0 Å². The standard InChI is InChI=1S/C39H26/c1-3-19-37-35(17-1)36-18-2-4-20-38(36)39(37)33-15-7-13-31(25-33)29-11-5-9-27(23-29)21-22-28-10-6-12-30(24-28)32-14-8-16-34(39)26-32/h1-26H/b22-21-. The van der Waals surface area contributed by atoms with Crippen LogP contribution in [0.1, 0.15) is 33.4 Å². The van der Waals surface area contributed by atoms with Gasteiger partial charge in [0, 0.05) is 0 Å². The van der Waals surface area contributed by atoms with Crippen LogP contribution in [0.25, 0.3) is 45.5 Å². The van der Waals surface area contributed by atoms with Crippen molar-refractivity contribution in [1.29, 1.82) is 0 Å². The summed E-state index contributed by atoms with van der Waals surface area (Å²) in [5, 5.41) is 0. The van der Waals surface area contributed by atoms with Gasteiger partial charge in [-0.2, -0.15) is 0 Å². The second-order valence-corrected chi connectivity index (χ2v) is 10.6. The molecule has 6 aromatic rings. The van der Waals surface area contributed by atoms with Crippen LogP contribution in [0.2, 0.25) is 0 Å². The minimum absolute atomic E-state index is 0.424. The van der Waals surface area contributed by atoms with Gasteiger partial charge in [-0.05, 0) is 91.0 Å². The molecule has 0 radical (unpaired) electrons. The smallest absolute Gasteiger partial charge is 0.0619 e. The molecule has 1 spiro atoms. The first-order chi connectivity index (χ1) is 19.3. The van der Waals surface area contributed by atoms with Gasteiger partial charge in [-0.1, -0.05) is 133 Å². The van der Waals surface area contributed by atoms with Gasteiger partial charge in [0.05, 0.1) is 5.41 Å². The zero-order valence-corrected chi connectivity index (χ0v) is 21.5. The summed E-state index contributed by atoms with van der Waals surface area (Å²) in [6, 6.07) is 54.0. The number of hydrogen-bond acceptors (Lipinski definition) is 0. The van der Waals surface area contributed by atoms with E-state index < -0.39 is 5.41 Å². The van der Waals surface area contributed by atoms with E-state index in [1.165, 1.54) is 66.8 Å². The molecule has 0 N–H and O–H groups in total. The molecule has 0 atom stereocenters. The minimum atomic E-state index is -0.424. The van der Waals surface area contributed by atoms with Gasteiger partial charge in [0.15, 0.2) is 0 Å². The Kier molecular flexibility index (Phi) is 4.84. The quantitative estimate of drug-likeness (QED) is 0.197. The maximum Gasteiger partial charge on any atom is 0.0713 e. The van der Waals surface area contributed by atoms with E-state index in [2.05, 4.69) is 158 Å². The monoisotopic (exact) mass is 494 g/mol. The maximum atomic E-state index is 2.41. The van der Waals surface area contributed by atoms with Crippen molar-refractivity contribution in [3.8, 4) is 33.4 Å². The summed E-state index contributed by atoms with van der Waals surface area (Å²) in [6.45, 7) is 0. The molecule has 0 heteroatoms. The predicted octanol–water partition coefficient (Wildman–Crippen LogP) is 9.87. The minimum Gasteiger partial charge on any atom is -0.0619 e. The van der Waals surface area contributed by atoms with Gasteiger partial charge in [0.2, 0.25) is 0 Å². The van der Waals surface area contributed by atoms with Gasteiger partial charge in [0.25, 0.3) is 0 Å². The van der Waals surface area contributed by atoms with Crippen molar-refractivity contribution in [1.82, 2.24) is 0 Å². The van der Waals surface area contributed by atoms with E-state index in [9.17, 15) is 0 Å². The van der Waals surface area contributed by atoms with E-state index in [0.29, 0.717) is 0 Å². The lowest BCUT2D eigenvalue weighted by Gasteiger charge is -2.34. The van der Waals surface area contributed by atoms with Crippen LogP contribution in [0.4, 0.5) is 0 Å². The zero-order valence-electron chi connectivity index (χ0n) is 21.5. The maximum absolute atomic E-state index is 2.41. The fourth-order valence-corrected chi connectivity index (χ4v) is 6.72. The Morgan fingerprint density at radius 2 is 0.744 bits per heavy atom. The molecule has 8 rings (SSSR count). The molecule has 0 fully saturated rings. The Bertz CT molecular complexity index is 1780. The third kappa shape index (κ3) is 3.32. The molecule has 8 bridgehead atoms. The van der Waals surface area contributed by atoms with E-state index in [1.807, 2.05) is 0 Å². The van der Waals surface area contributed by atoms with Crippen LogP contribution >= 0.6 is 0 Å². The molecular weight excluding hydrogens is 468 g/mol. The van der Waals surface area contributed by atoms with E-state index >= 15 is 0 Å². The summed E-state index contributed by atoms with van der Waals surface area (Å²) in [4.78, 5) is 0. The molecule has 182 valence electrons. The van der Waals surface area contributed by atoms with Gasteiger partial charge in [-0.15, -0.1) is 0 Å². The molecule has 0 unspecified atom stereocenters.